The van der Waals surface area contributed by atoms with E-state index < -0.39 is 18.0 Å². The number of urea groups is 1. The molecule has 1 N–H and O–H groups in total. The molecule has 0 saturated heterocycles. The third-order valence-corrected chi connectivity index (χ3v) is 3.16. The lowest BCUT2D eigenvalue weighted by Crippen LogP contribution is -2.42. The van der Waals surface area contributed by atoms with Crippen molar-refractivity contribution in [1.82, 2.24) is 10.2 Å². The molecule has 2 rings (SSSR count). The number of nitrogens with one attached hydrogen (secondary N) is 1. The molecule has 1 atom stereocenters. The number of hydrogen-bond acceptors (Lipinski definition) is 4. The molecular weight excluding hydrogens is 296 g/mol. The Balaban J connectivity index is 1.96. The summed E-state index contributed by atoms with van der Waals surface area (Å²) in [4.78, 5) is 36.1. The van der Waals surface area contributed by atoms with E-state index in [4.69, 9.17) is 4.42 Å². The van der Waals surface area contributed by atoms with Gasteiger partial charge in [0.15, 0.2) is 0 Å². The average Bonchev–Trinajstić information content (AvgIpc) is 3.08. The van der Waals surface area contributed by atoms with Gasteiger partial charge in [0.1, 0.15) is 18.1 Å². The van der Waals surface area contributed by atoms with Crippen molar-refractivity contribution in [2.75, 3.05) is 7.05 Å². The highest BCUT2D eigenvalue weighted by Crippen LogP contribution is 2.17. The van der Waals surface area contributed by atoms with Crippen molar-refractivity contribution >= 4 is 24.3 Å². The van der Waals surface area contributed by atoms with Crippen LogP contribution < -0.4 is 5.32 Å². The minimum absolute atomic E-state index is 0.324. The molecule has 0 spiro atoms. The van der Waals surface area contributed by atoms with Crippen LogP contribution in [0.5, 0.6) is 0 Å². The second-order valence-electron chi connectivity index (χ2n) is 4.75. The van der Waals surface area contributed by atoms with E-state index in [1.54, 1.807) is 18.2 Å². The van der Waals surface area contributed by atoms with Crippen molar-refractivity contribution in [2.45, 2.75) is 6.04 Å². The van der Waals surface area contributed by atoms with Gasteiger partial charge in [-0.25, -0.2) is 4.79 Å². The second kappa shape index (κ2) is 7.74. The molecule has 1 heterocycles. The number of carbonyl (C=O) groups is 3. The molecule has 1 aromatic carbocycles. The van der Waals surface area contributed by atoms with Gasteiger partial charge in [-0.15, -0.1) is 0 Å². The van der Waals surface area contributed by atoms with Crippen molar-refractivity contribution in [2.24, 2.45) is 0 Å². The first-order chi connectivity index (χ1) is 11.1. The van der Waals surface area contributed by atoms with Crippen LogP contribution in [-0.4, -0.2) is 30.2 Å². The predicted molar refractivity (Wildman–Crippen MR) is 84.3 cm³/mol. The maximum Gasteiger partial charge on any atom is 0.325 e. The molecule has 23 heavy (non-hydrogen) atoms. The van der Waals surface area contributed by atoms with Crippen LogP contribution in [0.25, 0.3) is 6.08 Å². The Hall–Kier alpha value is -3.15. The molecule has 118 valence electrons. The summed E-state index contributed by atoms with van der Waals surface area (Å²) in [5.74, 6) is -0.250. The Morgan fingerprint density at radius 3 is 2.52 bits per heavy atom. The summed E-state index contributed by atoms with van der Waals surface area (Å²) in [5, 5.41) is 2.19. The fourth-order valence-electron chi connectivity index (χ4n) is 1.91. The SMILES string of the molecule is CN(C(=O)NC(=O)C=Cc1ccccc1)C(C=O)c1ccco1. The van der Waals surface area contributed by atoms with Crippen molar-refractivity contribution in [3.63, 3.8) is 0 Å². The second-order valence-corrected chi connectivity index (χ2v) is 4.75. The van der Waals surface area contributed by atoms with E-state index in [-0.39, 0.29) is 0 Å². The maximum absolute atomic E-state index is 12.0. The molecule has 6 heteroatoms. The van der Waals surface area contributed by atoms with Gasteiger partial charge < -0.3 is 14.1 Å². The summed E-state index contributed by atoms with van der Waals surface area (Å²) >= 11 is 0. The summed E-state index contributed by atoms with van der Waals surface area (Å²) in [6.07, 6.45) is 4.82. The first kappa shape index (κ1) is 16.2. The van der Waals surface area contributed by atoms with E-state index in [0.29, 0.717) is 12.0 Å². The topological polar surface area (TPSA) is 79.6 Å². The zero-order chi connectivity index (χ0) is 16.7. The van der Waals surface area contributed by atoms with Crippen LogP contribution in [0.3, 0.4) is 0 Å². The molecule has 0 aliphatic heterocycles. The lowest BCUT2D eigenvalue weighted by atomic mass is 10.2. The highest BCUT2D eigenvalue weighted by atomic mass is 16.3. The van der Waals surface area contributed by atoms with E-state index in [1.165, 1.54) is 19.4 Å². The zero-order valence-electron chi connectivity index (χ0n) is 12.5. The number of aldehydes is 1. The predicted octanol–water partition coefficient (Wildman–Crippen LogP) is 2.40. The molecule has 0 aliphatic rings. The number of hydrogen-bond donors (Lipinski definition) is 1. The third kappa shape index (κ3) is 4.41. The van der Waals surface area contributed by atoms with Crippen molar-refractivity contribution in [1.29, 1.82) is 0 Å². The van der Waals surface area contributed by atoms with Crippen LogP contribution >= 0.6 is 0 Å². The minimum atomic E-state index is -0.893. The Morgan fingerprint density at radius 2 is 1.91 bits per heavy atom. The number of benzene rings is 1. The van der Waals surface area contributed by atoms with Crippen molar-refractivity contribution < 1.29 is 18.8 Å². The van der Waals surface area contributed by atoms with Crippen LogP contribution in [0.1, 0.15) is 17.4 Å². The van der Waals surface area contributed by atoms with Crippen LogP contribution in [0, 0.1) is 0 Å². The first-order valence-electron chi connectivity index (χ1n) is 6.91. The van der Waals surface area contributed by atoms with Crippen LogP contribution in [0.15, 0.2) is 59.2 Å². The highest BCUT2D eigenvalue weighted by molar-refractivity contribution is 6.02. The molecule has 0 bridgehead atoms. The molecule has 6 nitrogen and oxygen atoms in total. The quantitative estimate of drug-likeness (QED) is 0.679. The molecule has 1 unspecified atom stereocenters. The molecule has 2 aromatic rings. The Labute approximate surface area is 133 Å². The maximum atomic E-state index is 12.0. The smallest absolute Gasteiger partial charge is 0.325 e. The van der Waals surface area contributed by atoms with Crippen LogP contribution in [0.4, 0.5) is 4.79 Å². The zero-order valence-corrected chi connectivity index (χ0v) is 12.5. The summed E-state index contributed by atoms with van der Waals surface area (Å²) in [7, 11) is 1.41. The summed E-state index contributed by atoms with van der Waals surface area (Å²) in [6, 6.07) is 10.8. The summed E-state index contributed by atoms with van der Waals surface area (Å²) < 4.78 is 5.12. The number of nitrogens with zero attached hydrogens (tertiary/aromatic N) is 1. The average molecular weight is 312 g/mol. The first-order valence-corrected chi connectivity index (χ1v) is 6.91. The van der Waals surface area contributed by atoms with Gasteiger partial charge in [-0.2, -0.15) is 0 Å². The van der Waals surface area contributed by atoms with Gasteiger partial charge in [0.05, 0.1) is 6.26 Å². The van der Waals surface area contributed by atoms with Gasteiger partial charge in [-0.05, 0) is 23.8 Å². The molecule has 3 amide bonds. The Kier molecular flexibility index (Phi) is 5.46. The van der Waals surface area contributed by atoms with Gasteiger partial charge >= 0.3 is 6.03 Å². The number of carbonyl (C=O) groups excluding carboxylic acids is 3. The molecule has 0 fully saturated rings. The molecule has 1 aromatic heterocycles. The normalized spacial score (nSPS) is 11.9. The van der Waals surface area contributed by atoms with E-state index in [2.05, 4.69) is 5.32 Å². The molecular formula is C17H16N2O4. The monoisotopic (exact) mass is 312 g/mol. The number of imide groups is 1. The van der Waals surface area contributed by atoms with E-state index in [1.807, 2.05) is 30.3 Å². The van der Waals surface area contributed by atoms with E-state index in [9.17, 15) is 14.4 Å². The van der Waals surface area contributed by atoms with Gasteiger partial charge in [-0.1, -0.05) is 30.3 Å². The summed E-state index contributed by atoms with van der Waals surface area (Å²) in [6.45, 7) is 0. The van der Waals surface area contributed by atoms with Gasteiger partial charge in [0.25, 0.3) is 5.91 Å². The number of amides is 3. The van der Waals surface area contributed by atoms with E-state index >= 15 is 0 Å². The van der Waals surface area contributed by atoms with E-state index in [0.717, 1.165) is 10.5 Å². The highest BCUT2D eigenvalue weighted by Gasteiger charge is 2.24. The third-order valence-electron chi connectivity index (χ3n) is 3.16. The molecule has 0 aliphatic carbocycles. The molecule has 0 radical (unpaired) electrons. The van der Waals surface area contributed by atoms with Crippen molar-refractivity contribution in [3.8, 4) is 0 Å². The van der Waals surface area contributed by atoms with Crippen LogP contribution in [0.2, 0.25) is 0 Å². The fraction of sp³-hybridized carbons (Fsp3) is 0.118. The Morgan fingerprint density at radius 1 is 1.17 bits per heavy atom. The molecule has 0 saturated carbocycles. The Bertz CT molecular complexity index is 693. The number of likely N-dealkylation sites (N-methyl/N-ethyl adjacent to an activating group) is 1. The van der Waals surface area contributed by atoms with Gasteiger partial charge in [0, 0.05) is 13.1 Å². The van der Waals surface area contributed by atoms with Crippen molar-refractivity contribution in [3.05, 3.63) is 66.1 Å². The largest absolute Gasteiger partial charge is 0.467 e. The standard InChI is InChI=1S/C17H16N2O4/c1-19(14(12-20)15-8-5-11-23-15)17(22)18-16(21)10-9-13-6-3-2-4-7-13/h2-12,14H,1H3,(H,18,21,22). The van der Waals surface area contributed by atoms with Gasteiger partial charge in [0.2, 0.25) is 0 Å². The number of rotatable bonds is 5. The lowest BCUT2D eigenvalue weighted by molar-refractivity contribution is -0.116. The number of furan rings is 1. The van der Waals surface area contributed by atoms with Crippen LogP contribution in [-0.2, 0) is 9.59 Å². The lowest BCUT2D eigenvalue weighted by Gasteiger charge is -2.21. The fourth-order valence-corrected chi connectivity index (χ4v) is 1.91. The van der Waals surface area contributed by atoms with Gasteiger partial charge in [-0.3, -0.25) is 10.1 Å². The minimum Gasteiger partial charge on any atom is -0.467 e. The summed E-state index contributed by atoms with van der Waals surface area (Å²) in [5.41, 5.74) is 0.838.